The molecule has 6 heteroatoms. The SMILES string of the molecule is COc1ccccc1C[C@H](C)N(C)C(=O)NCCc1nccs1. The van der Waals surface area contributed by atoms with Crippen LogP contribution in [0.2, 0.25) is 0 Å². The molecule has 1 aromatic carbocycles. The molecule has 5 nitrogen and oxygen atoms in total. The number of amides is 2. The molecule has 2 aromatic rings. The summed E-state index contributed by atoms with van der Waals surface area (Å²) in [5.41, 5.74) is 1.10. The lowest BCUT2D eigenvalue weighted by molar-refractivity contribution is 0.193. The summed E-state index contributed by atoms with van der Waals surface area (Å²) < 4.78 is 5.37. The average molecular weight is 333 g/mol. The zero-order valence-corrected chi connectivity index (χ0v) is 14.6. The van der Waals surface area contributed by atoms with E-state index in [1.807, 2.05) is 43.6 Å². The van der Waals surface area contributed by atoms with E-state index in [1.165, 1.54) is 0 Å². The molecule has 0 aliphatic carbocycles. The van der Waals surface area contributed by atoms with Crippen LogP contribution in [-0.4, -0.2) is 42.7 Å². The van der Waals surface area contributed by atoms with E-state index in [0.29, 0.717) is 6.54 Å². The van der Waals surface area contributed by atoms with Crippen LogP contribution in [0.25, 0.3) is 0 Å². The summed E-state index contributed by atoms with van der Waals surface area (Å²) in [6.45, 7) is 2.63. The lowest BCUT2D eigenvalue weighted by Gasteiger charge is -2.25. The molecular weight excluding hydrogens is 310 g/mol. The molecule has 1 heterocycles. The van der Waals surface area contributed by atoms with Crippen molar-refractivity contribution in [1.82, 2.24) is 15.2 Å². The van der Waals surface area contributed by atoms with Gasteiger partial charge in [0.15, 0.2) is 0 Å². The highest BCUT2D eigenvalue weighted by Gasteiger charge is 2.17. The molecule has 0 aliphatic heterocycles. The van der Waals surface area contributed by atoms with Gasteiger partial charge in [-0.25, -0.2) is 9.78 Å². The van der Waals surface area contributed by atoms with Gasteiger partial charge >= 0.3 is 6.03 Å². The van der Waals surface area contributed by atoms with Gasteiger partial charge in [-0.1, -0.05) is 18.2 Å². The van der Waals surface area contributed by atoms with Gasteiger partial charge in [0.05, 0.1) is 12.1 Å². The number of nitrogens with zero attached hydrogens (tertiary/aromatic N) is 2. The molecule has 2 rings (SSSR count). The van der Waals surface area contributed by atoms with Crippen molar-refractivity contribution in [3.63, 3.8) is 0 Å². The Balaban J connectivity index is 1.83. The number of hydrogen-bond donors (Lipinski definition) is 1. The van der Waals surface area contributed by atoms with E-state index < -0.39 is 0 Å². The number of rotatable bonds is 7. The molecule has 0 fully saturated rings. The molecule has 0 saturated heterocycles. The van der Waals surface area contributed by atoms with Crippen LogP contribution < -0.4 is 10.1 Å². The van der Waals surface area contributed by atoms with Crippen LogP contribution in [0.4, 0.5) is 4.79 Å². The smallest absolute Gasteiger partial charge is 0.317 e. The van der Waals surface area contributed by atoms with Crippen LogP contribution in [0.3, 0.4) is 0 Å². The zero-order chi connectivity index (χ0) is 16.7. The summed E-state index contributed by atoms with van der Waals surface area (Å²) in [7, 11) is 3.48. The first-order chi connectivity index (χ1) is 11.1. The fourth-order valence-corrected chi connectivity index (χ4v) is 2.92. The second-order valence-electron chi connectivity index (χ2n) is 5.38. The lowest BCUT2D eigenvalue weighted by atomic mass is 10.1. The number of urea groups is 1. The maximum Gasteiger partial charge on any atom is 0.317 e. The number of benzene rings is 1. The molecule has 23 heavy (non-hydrogen) atoms. The van der Waals surface area contributed by atoms with Gasteiger partial charge in [-0.3, -0.25) is 0 Å². The minimum absolute atomic E-state index is 0.0658. The van der Waals surface area contributed by atoms with Crippen LogP contribution >= 0.6 is 11.3 Å². The highest BCUT2D eigenvalue weighted by Crippen LogP contribution is 2.20. The minimum atomic E-state index is -0.0658. The highest BCUT2D eigenvalue weighted by molar-refractivity contribution is 7.09. The number of ether oxygens (including phenoxy) is 1. The number of carbonyl (C=O) groups excluding carboxylic acids is 1. The highest BCUT2D eigenvalue weighted by atomic mass is 32.1. The molecule has 1 aromatic heterocycles. The number of methoxy groups -OCH3 is 1. The molecule has 0 radical (unpaired) electrons. The molecule has 0 bridgehead atoms. The Morgan fingerprint density at radius 2 is 2.22 bits per heavy atom. The van der Waals surface area contributed by atoms with E-state index in [2.05, 4.69) is 10.3 Å². The van der Waals surface area contributed by atoms with Crippen LogP contribution in [0.1, 0.15) is 17.5 Å². The van der Waals surface area contributed by atoms with Crippen LogP contribution in [0.5, 0.6) is 5.75 Å². The second kappa shape index (κ2) is 8.53. The first-order valence-electron chi connectivity index (χ1n) is 7.62. The van der Waals surface area contributed by atoms with Crippen molar-refractivity contribution in [3.05, 3.63) is 46.4 Å². The molecule has 1 N–H and O–H groups in total. The van der Waals surface area contributed by atoms with Gasteiger partial charge in [-0.2, -0.15) is 0 Å². The van der Waals surface area contributed by atoms with Crippen LogP contribution in [0, 0.1) is 0 Å². The summed E-state index contributed by atoms with van der Waals surface area (Å²) in [5.74, 6) is 0.858. The molecule has 1 atom stereocenters. The molecule has 2 amide bonds. The van der Waals surface area contributed by atoms with Crippen molar-refractivity contribution >= 4 is 17.4 Å². The van der Waals surface area contributed by atoms with Crippen molar-refractivity contribution < 1.29 is 9.53 Å². The normalized spacial score (nSPS) is 11.8. The van der Waals surface area contributed by atoms with Gasteiger partial charge in [-0.05, 0) is 25.0 Å². The molecule has 0 aliphatic rings. The number of carbonyl (C=O) groups is 1. The van der Waals surface area contributed by atoms with Crippen molar-refractivity contribution in [2.75, 3.05) is 20.7 Å². The molecule has 124 valence electrons. The third kappa shape index (κ3) is 4.96. The zero-order valence-electron chi connectivity index (χ0n) is 13.8. The maximum atomic E-state index is 12.2. The number of para-hydroxylation sites is 1. The van der Waals surface area contributed by atoms with E-state index in [0.717, 1.165) is 29.2 Å². The van der Waals surface area contributed by atoms with Gasteiger partial charge < -0.3 is 15.0 Å². The van der Waals surface area contributed by atoms with Gasteiger partial charge in [0.1, 0.15) is 5.75 Å². The topological polar surface area (TPSA) is 54.5 Å². The Hall–Kier alpha value is -2.08. The third-order valence-corrected chi connectivity index (χ3v) is 4.63. The third-order valence-electron chi connectivity index (χ3n) is 3.79. The van der Waals surface area contributed by atoms with Gasteiger partial charge in [0, 0.05) is 37.6 Å². The maximum absolute atomic E-state index is 12.2. The van der Waals surface area contributed by atoms with Crippen molar-refractivity contribution in [2.45, 2.75) is 25.8 Å². The Kier molecular flexibility index (Phi) is 6.40. The monoisotopic (exact) mass is 333 g/mol. The van der Waals surface area contributed by atoms with Crippen molar-refractivity contribution in [2.24, 2.45) is 0 Å². The Labute approximate surface area is 141 Å². The molecule has 0 saturated carbocycles. The van der Waals surface area contributed by atoms with E-state index in [4.69, 9.17) is 4.74 Å². The summed E-state index contributed by atoms with van der Waals surface area (Å²) in [4.78, 5) is 18.2. The van der Waals surface area contributed by atoms with Crippen molar-refractivity contribution in [1.29, 1.82) is 0 Å². The Morgan fingerprint density at radius 1 is 1.43 bits per heavy atom. The molecule has 0 unspecified atom stereocenters. The van der Waals surface area contributed by atoms with E-state index in [1.54, 1.807) is 29.5 Å². The van der Waals surface area contributed by atoms with E-state index >= 15 is 0 Å². The van der Waals surface area contributed by atoms with Crippen molar-refractivity contribution in [3.8, 4) is 5.75 Å². The first kappa shape index (κ1) is 17.3. The quantitative estimate of drug-likeness (QED) is 0.847. The second-order valence-corrected chi connectivity index (χ2v) is 6.36. The molecule has 0 spiro atoms. The Morgan fingerprint density at radius 3 is 2.91 bits per heavy atom. The fourth-order valence-electron chi connectivity index (χ4n) is 2.30. The average Bonchev–Trinajstić information content (AvgIpc) is 3.07. The number of thiazole rings is 1. The Bertz CT molecular complexity index is 616. The van der Waals surface area contributed by atoms with E-state index in [-0.39, 0.29) is 12.1 Å². The van der Waals surface area contributed by atoms with Gasteiger partial charge in [0.25, 0.3) is 0 Å². The van der Waals surface area contributed by atoms with Crippen LogP contribution in [-0.2, 0) is 12.8 Å². The number of nitrogens with one attached hydrogen (secondary N) is 1. The van der Waals surface area contributed by atoms with Gasteiger partial charge in [-0.15, -0.1) is 11.3 Å². The fraction of sp³-hybridized carbons (Fsp3) is 0.412. The summed E-state index contributed by atoms with van der Waals surface area (Å²) >= 11 is 1.61. The van der Waals surface area contributed by atoms with E-state index in [9.17, 15) is 4.79 Å². The lowest BCUT2D eigenvalue weighted by Crippen LogP contribution is -2.43. The predicted molar refractivity (Wildman–Crippen MR) is 93.1 cm³/mol. The molecular formula is C17H23N3O2S. The number of hydrogen-bond acceptors (Lipinski definition) is 4. The summed E-state index contributed by atoms with van der Waals surface area (Å²) in [6, 6.07) is 7.91. The van der Waals surface area contributed by atoms with Gasteiger partial charge in [0.2, 0.25) is 0 Å². The van der Waals surface area contributed by atoms with Crippen LogP contribution in [0.15, 0.2) is 35.8 Å². The number of likely N-dealkylation sites (N-methyl/N-ethyl adjacent to an activating group) is 1. The standard InChI is InChI=1S/C17H23N3O2S/c1-13(12-14-6-4-5-7-15(14)22-3)20(2)17(21)19-9-8-16-18-10-11-23-16/h4-7,10-11,13H,8-9,12H2,1-3H3,(H,19,21)/t13-/m0/s1. The largest absolute Gasteiger partial charge is 0.496 e. The first-order valence-corrected chi connectivity index (χ1v) is 8.50. The number of aromatic nitrogens is 1. The summed E-state index contributed by atoms with van der Waals surface area (Å²) in [5, 5.41) is 5.92. The minimum Gasteiger partial charge on any atom is -0.496 e. The summed E-state index contributed by atoms with van der Waals surface area (Å²) in [6.07, 6.45) is 3.29. The predicted octanol–water partition coefficient (Wildman–Crippen LogP) is 2.97.